The Kier molecular flexibility index (Phi) is 3.46. The molecule has 2 nitrogen and oxygen atoms in total. The highest BCUT2D eigenvalue weighted by Crippen LogP contribution is 2.38. The number of methoxy groups -OCH3 is 1. The quantitative estimate of drug-likeness (QED) is 0.861. The molecule has 0 atom stereocenters. The third-order valence-electron chi connectivity index (χ3n) is 1.89. The van der Waals surface area contributed by atoms with E-state index in [2.05, 4.69) is 0 Å². The van der Waals surface area contributed by atoms with E-state index >= 15 is 0 Å². The van der Waals surface area contributed by atoms with Gasteiger partial charge in [-0.2, -0.15) is 13.2 Å². The summed E-state index contributed by atoms with van der Waals surface area (Å²) >= 11 is 5.64. The van der Waals surface area contributed by atoms with E-state index in [1.807, 2.05) is 0 Å². The second kappa shape index (κ2) is 4.28. The highest BCUT2D eigenvalue weighted by atomic mass is 35.5. The van der Waals surface area contributed by atoms with Crippen molar-refractivity contribution in [2.75, 3.05) is 7.11 Å². The molecule has 0 aliphatic rings. The average molecular weight is 241 g/mol. The number of benzene rings is 1. The van der Waals surface area contributed by atoms with Crippen molar-refractivity contribution in [3.8, 4) is 5.75 Å². The molecule has 0 amide bonds. The van der Waals surface area contributed by atoms with Gasteiger partial charge in [-0.15, -0.1) is 0 Å². The summed E-state index contributed by atoms with van der Waals surface area (Å²) in [5, 5.41) is 8.63. The van der Waals surface area contributed by atoms with E-state index in [1.54, 1.807) is 0 Å². The van der Waals surface area contributed by atoms with Gasteiger partial charge in [0.15, 0.2) is 0 Å². The number of rotatable bonds is 2. The summed E-state index contributed by atoms with van der Waals surface area (Å²) < 4.78 is 42.1. The van der Waals surface area contributed by atoms with E-state index in [1.165, 1.54) is 7.11 Å². The highest BCUT2D eigenvalue weighted by molar-refractivity contribution is 6.32. The molecule has 0 radical (unpaired) electrons. The van der Waals surface area contributed by atoms with Crippen LogP contribution in [0.3, 0.4) is 0 Å². The first-order chi connectivity index (χ1) is 6.91. The van der Waals surface area contributed by atoms with Crippen molar-refractivity contribution in [3.05, 3.63) is 28.3 Å². The Balaban J connectivity index is 3.38. The van der Waals surface area contributed by atoms with Crippen molar-refractivity contribution < 1.29 is 23.0 Å². The summed E-state index contributed by atoms with van der Waals surface area (Å²) in [5.41, 5.74) is -1.32. The Morgan fingerprint density at radius 3 is 2.40 bits per heavy atom. The van der Waals surface area contributed by atoms with Crippen LogP contribution in [0.15, 0.2) is 12.1 Å². The summed E-state index contributed by atoms with van der Waals surface area (Å²) in [6.07, 6.45) is -4.53. The molecule has 0 aromatic heterocycles. The molecule has 0 unspecified atom stereocenters. The monoisotopic (exact) mass is 240 g/mol. The fourth-order valence-corrected chi connectivity index (χ4v) is 1.48. The minimum atomic E-state index is -4.53. The molecule has 0 spiro atoms. The van der Waals surface area contributed by atoms with Crippen LogP contribution >= 0.6 is 11.6 Å². The van der Waals surface area contributed by atoms with Crippen molar-refractivity contribution in [2.45, 2.75) is 12.8 Å². The van der Waals surface area contributed by atoms with Crippen LogP contribution < -0.4 is 4.74 Å². The number of alkyl halides is 3. The zero-order valence-corrected chi connectivity index (χ0v) is 8.49. The van der Waals surface area contributed by atoms with E-state index in [-0.39, 0.29) is 16.3 Å². The van der Waals surface area contributed by atoms with Crippen molar-refractivity contribution in [3.63, 3.8) is 0 Å². The molecule has 15 heavy (non-hydrogen) atoms. The smallest absolute Gasteiger partial charge is 0.416 e. The largest absolute Gasteiger partial charge is 0.495 e. The Bertz CT molecular complexity index is 363. The second-order valence-electron chi connectivity index (χ2n) is 2.76. The van der Waals surface area contributed by atoms with Crippen LogP contribution in [0.25, 0.3) is 0 Å². The van der Waals surface area contributed by atoms with Crippen LogP contribution in [-0.2, 0) is 12.8 Å². The Morgan fingerprint density at radius 2 is 2.00 bits per heavy atom. The van der Waals surface area contributed by atoms with Gasteiger partial charge in [-0.1, -0.05) is 11.6 Å². The summed E-state index contributed by atoms with van der Waals surface area (Å²) in [7, 11) is 1.29. The van der Waals surface area contributed by atoms with Gasteiger partial charge in [-0.25, -0.2) is 0 Å². The van der Waals surface area contributed by atoms with Gasteiger partial charge in [0.1, 0.15) is 5.75 Å². The van der Waals surface area contributed by atoms with E-state index in [0.717, 1.165) is 12.1 Å². The maximum Gasteiger partial charge on any atom is 0.416 e. The van der Waals surface area contributed by atoms with E-state index < -0.39 is 18.3 Å². The Labute approximate surface area is 89.2 Å². The Hall–Kier alpha value is -0.940. The topological polar surface area (TPSA) is 29.5 Å². The molecule has 0 bridgehead atoms. The molecule has 0 fully saturated rings. The summed E-state index contributed by atoms with van der Waals surface area (Å²) in [6, 6.07) is 1.95. The van der Waals surface area contributed by atoms with Crippen LogP contribution in [0.4, 0.5) is 13.2 Å². The standard InChI is InChI=1S/C9H8ClF3O2/c1-15-7-3-2-6(9(11,12)13)5(4-14)8(7)10/h2-3,14H,4H2,1H3. The minimum Gasteiger partial charge on any atom is -0.495 e. The lowest BCUT2D eigenvalue weighted by Gasteiger charge is -2.14. The molecule has 1 rings (SSSR count). The third kappa shape index (κ3) is 2.35. The van der Waals surface area contributed by atoms with Gasteiger partial charge in [-0.3, -0.25) is 0 Å². The molecular weight excluding hydrogens is 233 g/mol. The van der Waals surface area contributed by atoms with Crippen LogP contribution in [0, 0.1) is 0 Å². The van der Waals surface area contributed by atoms with Crippen LogP contribution in [0.2, 0.25) is 5.02 Å². The van der Waals surface area contributed by atoms with E-state index in [4.69, 9.17) is 21.4 Å². The van der Waals surface area contributed by atoms with Gasteiger partial charge in [0.05, 0.1) is 24.3 Å². The fraction of sp³-hybridized carbons (Fsp3) is 0.333. The number of halogens is 4. The van der Waals surface area contributed by atoms with Crippen LogP contribution in [0.5, 0.6) is 5.75 Å². The average Bonchev–Trinajstić information content (AvgIpc) is 2.15. The predicted molar refractivity (Wildman–Crippen MR) is 48.9 cm³/mol. The first-order valence-corrected chi connectivity index (χ1v) is 4.33. The van der Waals surface area contributed by atoms with Crippen LogP contribution in [0.1, 0.15) is 11.1 Å². The van der Waals surface area contributed by atoms with Crippen molar-refractivity contribution in [1.82, 2.24) is 0 Å². The molecule has 0 saturated heterocycles. The molecule has 0 saturated carbocycles. The lowest BCUT2D eigenvalue weighted by Crippen LogP contribution is -2.10. The predicted octanol–water partition coefficient (Wildman–Crippen LogP) is 2.86. The first kappa shape index (κ1) is 12.1. The third-order valence-corrected chi connectivity index (χ3v) is 2.31. The SMILES string of the molecule is COc1ccc(C(F)(F)F)c(CO)c1Cl. The van der Waals surface area contributed by atoms with Gasteiger partial charge < -0.3 is 9.84 Å². The Morgan fingerprint density at radius 1 is 1.40 bits per heavy atom. The lowest BCUT2D eigenvalue weighted by molar-refractivity contribution is -0.138. The van der Waals surface area contributed by atoms with Gasteiger partial charge in [0.25, 0.3) is 0 Å². The van der Waals surface area contributed by atoms with Crippen molar-refractivity contribution >= 4 is 11.6 Å². The summed E-state index contributed by atoms with van der Waals surface area (Å²) in [6.45, 7) is -0.787. The number of ether oxygens (including phenoxy) is 1. The van der Waals surface area contributed by atoms with Crippen molar-refractivity contribution in [1.29, 1.82) is 0 Å². The molecule has 6 heteroatoms. The van der Waals surface area contributed by atoms with E-state index in [0.29, 0.717) is 0 Å². The van der Waals surface area contributed by atoms with Crippen LogP contribution in [-0.4, -0.2) is 12.2 Å². The molecule has 1 N–H and O–H groups in total. The van der Waals surface area contributed by atoms with Gasteiger partial charge in [-0.05, 0) is 12.1 Å². The normalized spacial score (nSPS) is 11.6. The number of hydrogen-bond acceptors (Lipinski definition) is 2. The molecule has 1 aromatic rings. The number of hydrogen-bond donors (Lipinski definition) is 1. The first-order valence-electron chi connectivity index (χ1n) is 3.95. The fourth-order valence-electron chi connectivity index (χ4n) is 1.18. The molecule has 0 aliphatic heterocycles. The lowest BCUT2D eigenvalue weighted by atomic mass is 10.1. The number of aliphatic hydroxyl groups is 1. The highest BCUT2D eigenvalue weighted by Gasteiger charge is 2.34. The zero-order chi connectivity index (χ0) is 11.6. The summed E-state index contributed by atoms with van der Waals surface area (Å²) in [5.74, 6) is 0.105. The van der Waals surface area contributed by atoms with Gasteiger partial charge in [0.2, 0.25) is 0 Å². The summed E-state index contributed by atoms with van der Waals surface area (Å²) in [4.78, 5) is 0. The molecule has 1 aromatic carbocycles. The minimum absolute atomic E-state index is 0.105. The van der Waals surface area contributed by atoms with Gasteiger partial charge in [0, 0.05) is 5.56 Å². The van der Waals surface area contributed by atoms with Crippen molar-refractivity contribution in [2.24, 2.45) is 0 Å². The molecule has 0 heterocycles. The van der Waals surface area contributed by atoms with E-state index in [9.17, 15) is 13.2 Å². The number of aliphatic hydroxyl groups excluding tert-OH is 1. The van der Waals surface area contributed by atoms with Gasteiger partial charge >= 0.3 is 6.18 Å². The molecule has 84 valence electrons. The molecular formula is C9H8ClF3O2. The molecule has 0 aliphatic carbocycles. The maximum absolute atomic E-state index is 12.4. The second-order valence-corrected chi connectivity index (χ2v) is 3.14. The zero-order valence-electron chi connectivity index (χ0n) is 7.73. The maximum atomic E-state index is 12.4.